The van der Waals surface area contributed by atoms with Crippen LogP contribution in [0.1, 0.15) is 39.9 Å². The highest BCUT2D eigenvalue weighted by atomic mass is 32.2. The Labute approximate surface area is 202 Å². The molecule has 2 aromatic carbocycles. The molecule has 1 fully saturated rings. The van der Waals surface area contributed by atoms with Crippen molar-refractivity contribution in [3.8, 4) is 0 Å². The van der Waals surface area contributed by atoms with E-state index in [1.54, 1.807) is 29.2 Å². The number of rotatable bonds is 9. The molecule has 0 bridgehead atoms. The summed E-state index contributed by atoms with van der Waals surface area (Å²) in [7, 11) is -3.58. The molecule has 0 aliphatic carbocycles. The number of nitrogens with zero attached hydrogens (tertiary/aromatic N) is 1. The first-order chi connectivity index (χ1) is 16.5. The summed E-state index contributed by atoms with van der Waals surface area (Å²) in [6.07, 6.45) is -2.91. The topological polar surface area (TPSA) is 95.6 Å². The number of halogens is 3. The van der Waals surface area contributed by atoms with Crippen molar-refractivity contribution in [3.63, 3.8) is 0 Å². The molecule has 2 N–H and O–H groups in total. The van der Waals surface area contributed by atoms with E-state index in [9.17, 15) is 31.2 Å². The summed E-state index contributed by atoms with van der Waals surface area (Å²) in [6.45, 7) is 3.98. The second-order valence-corrected chi connectivity index (χ2v) is 9.91. The van der Waals surface area contributed by atoms with Crippen molar-refractivity contribution >= 4 is 21.8 Å². The quantitative estimate of drug-likeness (QED) is 0.543. The summed E-state index contributed by atoms with van der Waals surface area (Å²) < 4.78 is 63.5. The molecular formula is C24H26F3N3O4S. The Balaban J connectivity index is 1.52. The number of amides is 2. The second kappa shape index (κ2) is 11.0. The zero-order chi connectivity index (χ0) is 25.6. The molecule has 35 heavy (non-hydrogen) atoms. The predicted octanol–water partition coefficient (Wildman–Crippen LogP) is 3.23. The van der Waals surface area contributed by atoms with Crippen molar-refractivity contribution in [3.05, 3.63) is 82.8 Å². The van der Waals surface area contributed by atoms with Gasteiger partial charge in [0.2, 0.25) is 15.9 Å². The van der Waals surface area contributed by atoms with Crippen LogP contribution in [0.25, 0.3) is 0 Å². The molecule has 11 heteroatoms. The van der Waals surface area contributed by atoms with E-state index < -0.39 is 21.8 Å². The van der Waals surface area contributed by atoms with Gasteiger partial charge in [0, 0.05) is 36.6 Å². The summed E-state index contributed by atoms with van der Waals surface area (Å²) in [5.74, 6) is -0.526. The van der Waals surface area contributed by atoms with Gasteiger partial charge < -0.3 is 10.2 Å². The van der Waals surface area contributed by atoms with Gasteiger partial charge in [0.15, 0.2) is 0 Å². The Morgan fingerprint density at radius 2 is 1.69 bits per heavy atom. The van der Waals surface area contributed by atoms with Crippen molar-refractivity contribution in [1.29, 1.82) is 0 Å². The number of hydrogen-bond donors (Lipinski definition) is 2. The zero-order valence-electron chi connectivity index (χ0n) is 18.8. The maximum Gasteiger partial charge on any atom is 0.416 e. The average molecular weight is 510 g/mol. The summed E-state index contributed by atoms with van der Waals surface area (Å²) in [5.41, 5.74) is 0.893. The smallest absolute Gasteiger partial charge is 0.352 e. The minimum absolute atomic E-state index is 0.0464. The fourth-order valence-corrected chi connectivity index (χ4v) is 4.32. The zero-order valence-corrected chi connectivity index (χ0v) is 19.7. The third-order valence-corrected chi connectivity index (χ3v) is 6.72. The molecule has 7 nitrogen and oxygen atoms in total. The molecule has 0 saturated carbocycles. The molecule has 0 radical (unpaired) electrons. The molecule has 1 aliphatic heterocycles. The van der Waals surface area contributed by atoms with Gasteiger partial charge in [-0.25, -0.2) is 13.1 Å². The van der Waals surface area contributed by atoms with Gasteiger partial charge in [-0.1, -0.05) is 30.8 Å². The van der Waals surface area contributed by atoms with Crippen LogP contribution in [0.2, 0.25) is 0 Å². The lowest BCUT2D eigenvalue weighted by molar-refractivity contribution is -0.137. The Morgan fingerprint density at radius 3 is 2.29 bits per heavy atom. The molecule has 188 valence electrons. The molecule has 1 aliphatic rings. The molecule has 3 rings (SSSR count). The predicted molar refractivity (Wildman–Crippen MR) is 125 cm³/mol. The first-order valence-electron chi connectivity index (χ1n) is 10.9. The number of hydrogen-bond acceptors (Lipinski definition) is 4. The summed E-state index contributed by atoms with van der Waals surface area (Å²) in [4.78, 5) is 26.8. The van der Waals surface area contributed by atoms with Crippen molar-refractivity contribution in [2.45, 2.75) is 38.0 Å². The van der Waals surface area contributed by atoms with Gasteiger partial charge >= 0.3 is 6.18 Å². The molecule has 2 amide bonds. The SMILES string of the molecule is C=CS(=O)(=O)NCC1CCCN1C(=O)c1ccc(CC(=O)NCc2ccc(C(F)(F)F)cc2)cc1. The van der Waals surface area contributed by atoms with Gasteiger partial charge in [0.05, 0.1) is 12.0 Å². The molecule has 0 aromatic heterocycles. The van der Waals surface area contributed by atoms with Crippen molar-refractivity contribution in [2.75, 3.05) is 13.1 Å². The highest BCUT2D eigenvalue weighted by Crippen LogP contribution is 2.29. The summed E-state index contributed by atoms with van der Waals surface area (Å²) in [5, 5.41) is 3.49. The molecular weight excluding hydrogens is 483 g/mol. The molecule has 2 aromatic rings. The van der Waals surface area contributed by atoms with Gasteiger partial charge in [-0.05, 0) is 48.2 Å². The number of sulfonamides is 1. The number of carbonyl (C=O) groups is 2. The van der Waals surface area contributed by atoms with E-state index in [2.05, 4.69) is 16.6 Å². The van der Waals surface area contributed by atoms with E-state index in [-0.39, 0.29) is 37.4 Å². The minimum Gasteiger partial charge on any atom is -0.352 e. The average Bonchev–Trinajstić information content (AvgIpc) is 3.30. The first-order valence-corrected chi connectivity index (χ1v) is 12.5. The largest absolute Gasteiger partial charge is 0.416 e. The maximum atomic E-state index is 12.9. The second-order valence-electron chi connectivity index (χ2n) is 8.20. The number of nitrogens with one attached hydrogen (secondary N) is 2. The fraction of sp³-hybridized carbons (Fsp3) is 0.333. The van der Waals surface area contributed by atoms with Crippen LogP contribution in [0.5, 0.6) is 0 Å². The normalized spacial score (nSPS) is 16.2. The Hall–Kier alpha value is -3.18. The fourth-order valence-electron chi connectivity index (χ4n) is 3.78. The van der Waals surface area contributed by atoms with Gasteiger partial charge in [-0.3, -0.25) is 9.59 Å². The maximum absolute atomic E-state index is 12.9. The van der Waals surface area contributed by atoms with Crippen LogP contribution in [-0.2, 0) is 34.0 Å². The number of benzene rings is 2. The third kappa shape index (κ3) is 7.40. The lowest BCUT2D eigenvalue weighted by atomic mass is 10.1. The van der Waals surface area contributed by atoms with Crippen molar-refractivity contribution in [2.24, 2.45) is 0 Å². The molecule has 1 heterocycles. The van der Waals surface area contributed by atoms with E-state index in [4.69, 9.17) is 0 Å². The molecule has 1 unspecified atom stereocenters. The summed E-state index contributed by atoms with van der Waals surface area (Å²) in [6, 6.07) is 10.9. The van der Waals surface area contributed by atoms with E-state index >= 15 is 0 Å². The van der Waals surface area contributed by atoms with Gasteiger partial charge in [0.1, 0.15) is 0 Å². The van der Waals surface area contributed by atoms with Crippen LogP contribution in [0.4, 0.5) is 13.2 Å². The number of likely N-dealkylation sites (tertiary alicyclic amines) is 1. The van der Waals surface area contributed by atoms with Crippen LogP contribution in [0, 0.1) is 0 Å². The van der Waals surface area contributed by atoms with E-state index in [1.165, 1.54) is 12.1 Å². The van der Waals surface area contributed by atoms with E-state index in [0.717, 1.165) is 24.0 Å². The van der Waals surface area contributed by atoms with Gasteiger partial charge in [-0.2, -0.15) is 13.2 Å². The van der Waals surface area contributed by atoms with Gasteiger partial charge in [-0.15, -0.1) is 0 Å². The van der Waals surface area contributed by atoms with Gasteiger partial charge in [0.25, 0.3) is 5.91 Å². The Bertz CT molecular complexity index is 1160. The first kappa shape index (κ1) is 26.4. The van der Waals surface area contributed by atoms with Crippen LogP contribution < -0.4 is 10.0 Å². The van der Waals surface area contributed by atoms with Crippen molar-refractivity contribution in [1.82, 2.24) is 14.9 Å². The van der Waals surface area contributed by atoms with Crippen LogP contribution in [0.3, 0.4) is 0 Å². The molecule has 0 spiro atoms. The monoisotopic (exact) mass is 509 g/mol. The van der Waals surface area contributed by atoms with E-state index in [1.807, 2.05) is 0 Å². The standard InChI is InChI=1S/C24H26F3N3O4S/c1-2-35(33,34)29-16-21-4-3-13-30(21)23(32)19-9-5-17(6-10-19)14-22(31)28-15-18-7-11-20(12-8-18)24(25,26)27/h2,5-12,21,29H,1,3-4,13-16H2,(H,28,31). The lowest BCUT2D eigenvalue weighted by Crippen LogP contribution is -2.42. The van der Waals surface area contributed by atoms with E-state index in [0.29, 0.717) is 29.7 Å². The molecule has 1 atom stereocenters. The Kier molecular flexibility index (Phi) is 8.34. The molecule has 1 saturated heterocycles. The highest BCUT2D eigenvalue weighted by Gasteiger charge is 2.31. The third-order valence-electron chi connectivity index (χ3n) is 5.71. The number of alkyl halides is 3. The Morgan fingerprint density at radius 1 is 1.06 bits per heavy atom. The summed E-state index contributed by atoms with van der Waals surface area (Å²) >= 11 is 0. The minimum atomic E-state index is -4.41. The van der Waals surface area contributed by atoms with Crippen LogP contribution in [-0.4, -0.2) is 44.3 Å². The highest BCUT2D eigenvalue weighted by molar-refractivity contribution is 7.92. The lowest BCUT2D eigenvalue weighted by Gasteiger charge is -2.25. The van der Waals surface area contributed by atoms with Crippen molar-refractivity contribution < 1.29 is 31.2 Å². The van der Waals surface area contributed by atoms with Crippen LogP contribution in [0.15, 0.2) is 60.5 Å². The number of carbonyl (C=O) groups excluding carboxylic acids is 2. The van der Waals surface area contributed by atoms with Crippen LogP contribution >= 0.6 is 0 Å².